The number of rotatable bonds is 7. The average molecular weight is 260 g/mol. The smallest absolute Gasteiger partial charge is 0.260 e. The Bertz CT molecular complexity index is 449. The van der Waals surface area contributed by atoms with E-state index in [2.05, 4.69) is 15.1 Å². The Morgan fingerprint density at radius 2 is 2.29 bits per heavy atom. The number of anilines is 1. The van der Waals surface area contributed by atoms with E-state index in [0.29, 0.717) is 13.2 Å². The molecule has 0 spiro atoms. The van der Waals surface area contributed by atoms with E-state index in [1.165, 1.54) is 12.3 Å². The average Bonchev–Trinajstić information content (AvgIpc) is 2.34. The lowest BCUT2D eigenvalue weighted by molar-refractivity contribution is 0.153. The maximum absolute atomic E-state index is 11.9. The predicted molar refractivity (Wildman–Crippen MR) is 63.7 cm³/mol. The lowest BCUT2D eigenvalue weighted by Gasteiger charge is -2.09. The van der Waals surface area contributed by atoms with Crippen molar-refractivity contribution in [1.82, 2.24) is 9.71 Å². The van der Waals surface area contributed by atoms with Crippen LogP contribution in [0.2, 0.25) is 0 Å². The Kier molecular flexibility index (Phi) is 5.29. The van der Waals surface area contributed by atoms with Gasteiger partial charge in [-0.15, -0.1) is 0 Å². The third-order valence-corrected chi connectivity index (χ3v) is 3.34. The van der Waals surface area contributed by atoms with Gasteiger partial charge in [-0.25, -0.2) is 18.1 Å². The number of hydrogen-bond donors (Lipinski definition) is 3. The van der Waals surface area contributed by atoms with Gasteiger partial charge in [0.1, 0.15) is 0 Å². The molecule has 1 rings (SSSR count). The molecule has 17 heavy (non-hydrogen) atoms. The number of sulfonamides is 1. The fraction of sp³-hybridized carbons (Fsp3) is 0.444. The van der Waals surface area contributed by atoms with Gasteiger partial charge >= 0.3 is 0 Å². The fourth-order valence-electron chi connectivity index (χ4n) is 1.18. The van der Waals surface area contributed by atoms with Crippen LogP contribution < -0.4 is 16.0 Å². The molecule has 0 aliphatic heterocycles. The molecule has 1 aromatic rings. The quantitative estimate of drug-likeness (QED) is 0.352. The molecular weight excluding hydrogens is 244 g/mol. The van der Waals surface area contributed by atoms with Gasteiger partial charge in [0.15, 0.2) is 5.03 Å². The van der Waals surface area contributed by atoms with E-state index in [1.54, 1.807) is 6.07 Å². The number of nitrogens with one attached hydrogen (secondary N) is 2. The molecule has 0 aliphatic rings. The van der Waals surface area contributed by atoms with Crippen LogP contribution in [0.1, 0.15) is 6.92 Å². The zero-order chi connectivity index (χ0) is 12.7. The van der Waals surface area contributed by atoms with Crippen LogP contribution in [0.4, 0.5) is 5.69 Å². The molecule has 0 unspecified atom stereocenters. The molecule has 0 radical (unpaired) electrons. The van der Waals surface area contributed by atoms with E-state index in [-0.39, 0.29) is 17.3 Å². The van der Waals surface area contributed by atoms with E-state index < -0.39 is 10.0 Å². The molecular formula is C9H16N4O3S. The van der Waals surface area contributed by atoms with Gasteiger partial charge in [-0.2, -0.15) is 0 Å². The van der Waals surface area contributed by atoms with Crippen LogP contribution in [0.15, 0.2) is 23.4 Å². The molecule has 0 saturated carbocycles. The van der Waals surface area contributed by atoms with Gasteiger partial charge in [-0.05, 0) is 19.1 Å². The van der Waals surface area contributed by atoms with Gasteiger partial charge in [-0.1, -0.05) is 0 Å². The summed E-state index contributed by atoms with van der Waals surface area (Å²) >= 11 is 0. The van der Waals surface area contributed by atoms with Gasteiger partial charge in [-0.3, -0.25) is 5.84 Å². The van der Waals surface area contributed by atoms with Crippen LogP contribution >= 0.6 is 0 Å². The molecule has 0 aromatic carbocycles. The standard InChI is InChI=1S/C9H16N4O3S/c1-2-16-7-6-12-17(14,15)9-8(13-10)4-3-5-11-9/h3-5,12-13H,2,6-7,10H2,1H3. The highest BCUT2D eigenvalue weighted by Gasteiger charge is 2.18. The van der Waals surface area contributed by atoms with Crippen LogP contribution in [0, 0.1) is 0 Å². The van der Waals surface area contributed by atoms with Crippen molar-refractivity contribution in [3.8, 4) is 0 Å². The first kappa shape index (κ1) is 13.8. The summed E-state index contributed by atoms with van der Waals surface area (Å²) < 4.78 is 31.1. The molecule has 0 atom stereocenters. The van der Waals surface area contributed by atoms with Gasteiger partial charge < -0.3 is 10.2 Å². The maximum Gasteiger partial charge on any atom is 0.260 e. The number of pyridine rings is 1. The zero-order valence-electron chi connectivity index (χ0n) is 9.51. The number of hydrogen-bond acceptors (Lipinski definition) is 6. The summed E-state index contributed by atoms with van der Waals surface area (Å²) in [7, 11) is -3.67. The van der Waals surface area contributed by atoms with Gasteiger partial charge in [0.25, 0.3) is 10.0 Å². The molecule has 0 aliphatic carbocycles. The highest BCUT2D eigenvalue weighted by molar-refractivity contribution is 7.89. The lowest BCUT2D eigenvalue weighted by Crippen LogP contribution is -2.29. The molecule has 7 nitrogen and oxygen atoms in total. The molecule has 0 amide bonds. The molecule has 8 heteroatoms. The molecule has 4 N–H and O–H groups in total. The summed E-state index contributed by atoms with van der Waals surface area (Å²) in [4.78, 5) is 3.79. The summed E-state index contributed by atoms with van der Waals surface area (Å²) in [5, 5.41) is -0.126. The van der Waals surface area contributed by atoms with Crippen LogP contribution in [0.25, 0.3) is 0 Å². The summed E-state index contributed by atoms with van der Waals surface area (Å²) in [6.45, 7) is 2.88. The third-order valence-electron chi connectivity index (χ3n) is 1.92. The number of nitrogen functional groups attached to an aromatic ring is 1. The first-order valence-electron chi connectivity index (χ1n) is 5.11. The highest BCUT2D eigenvalue weighted by atomic mass is 32.2. The summed E-state index contributed by atoms with van der Waals surface area (Å²) in [5.41, 5.74) is 2.54. The van der Waals surface area contributed by atoms with E-state index in [1.807, 2.05) is 6.92 Å². The minimum Gasteiger partial charge on any atom is -0.380 e. The van der Waals surface area contributed by atoms with Crippen molar-refractivity contribution < 1.29 is 13.2 Å². The van der Waals surface area contributed by atoms with Crippen molar-refractivity contribution in [2.45, 2.75) is 11.9 Å². The number of nitrogens with two attached hydrogens (primary N) is 1. The minimum absolute atomic E-state index is 0.126. The second kappa shape index (κ2) is 6.50. The molecule has 1 heterocycles. The van der Waals surface area contributed by atoms with E-state index >= 15 is 0 Å². The maximum atomic E-state index is 11.9. The van der Waals surface area contributed by atoms with Crippen molar-refractivity contribution in [2.75, 3.05) is 25.2 Å². The van der Waals surface area contributed by atoms with Crippen molar-refractivity contribution in [3.63, 3.8) is 0 Å². The van der Waals surface area contributed by atoms with Crippen LogP contribution in [0.3, 0.4) is 0 Å². The Labute approximate surface area is 100 Å². The normalized spacial score (nSPS) is 11.4. The van der Waals surface area contributed by atoms with E-state index in [0.717, 1.165) is 0 Å². The lowest BCUT2D eigenvalue weighted by atomic mass is 10.4. The highest BCUT2D eigenvalue weighted by Crippen LogP contribution is 2.15. The molecule has 1 aromatic heterocycles. The first-order chi connectivity index (χ1) is 8.11. The predicted octanol–water partition coefficient (Wildman–Crippen LogP) is -0.318. The first-order valence-corrected chi connectivity index (χ1v) is 6.59. The minimum atomic E-state index is -3.67. The van der Waals surface area contributed by atoms with Crippen LogP contribution in [0.5, 0.6) is 0 Å². The molecule has 0 fully saturated rings. The van der Waals surface area contributed by atoms with Crippen molar-refractivity contribution in [1.29, 1.82) is 0 Å². The SMILES string of the molecule is CCOCCNS(=O)(=O)c1ncccc1NN. The Morgan fingerprint density at radius 3 is 2.94 bits per heavy atom. The largest absolute Gasteiger partial charge is 0.380 e. The summed E-state index contributed by atoms with van der Waals surface area (Å²) in [6.07, 6.45) is 1.39. The molecule has 96 valence electrons. The van der Waals surface area contributed by atoms with E-state index in [9.17, 15) is 8.42 Å². The number of ether oxygens (including phenoxy) is 1. The Morgan fingerprint density at radius 1 is 1.53 bits per heavy atom. The second-order valence-electron chi connectivity index (χ2n) is 3.10. The third kappa shape index (κ3) is 3.93. The number of hydrazine groups is 1. The number of aromatic nitrogens is 1. The topological polar surface area (TPSA) is 106 Å². The monoisotopic (exact) mass is 260 g/mol. The summed E-state index contributed by atoms with van der Waals surface area (Å²) in [5.74, 6) is 5.22. The van der Waals surface area contributed by atoms with Gasteiger partial charge in [0.2, 0.25) is 0 Å². The van der Waals surface area contributed by atoms with Crippen molar-refractivity contribution in [3.05, 3.63) is 18.3 Å². The van der Waals surface area contributed by atoms with E-state index in [4.69, 9.17) is 10.6 Å². The van der Waals surface area contributed by atoms with Gasteiger partial charge in [0, 0.05) is 19.3 Å². The molecule has 0 saturated heterocycles. The van der Waals surface area contributed by atoms with Crippen molar-refractivity contribution in [2.24, 2.45) is 5.84 Å². The molecule has 0 bridgehead atoms. The summed E-state index contributed by atoms with van der Waals surface area (Å²) in [6, 6.07) is 3.12. The number of nitrogens with zero attached hydrogens (tertiary/aromatic N) is 1. The Balaban J connectivity index is 2.75. The zero-order valence-corrected chi connectivity index (χ0v) is 10.3. The van der Waals surface area contributed by atoms with Crippen LogP contribution in [-0.4, -0.2) is 33.2 Å². The van der Waals surface area contributed by atoms with Crippen molar-refractivity contribution >= 4 is 15.7 Å². The van der Waals surface area contributed by atoms with Crippen LogP contribution in [-0.2, 0) is 14.8 Å². The Hall–Kier alpha value is -1.22. The fourth-order valence-corrected chi connectivity index (χ4v) is 2.28. The van der Waals surface area contributed by atoms with Gasteiger partial charge in [0.05, 0.1) is 12.3 Å². The second-order valence-corrected chi connectivity index (χ2v) is 4.78.